The normalized spacial score (nSPS) is 49.7. The maximum atomic E-state index is 13.0. The molecule has 0 aromatic carbocycles. The number of nitrogens with zero attached hydrogens (tertiary/aromatic N) is 1. The average Bonchev–Trinajstić information content (AvgIpc) is 2.50. The molecule has 12 aliphatic rings. The fourth-order valence-electron chi connectivity index (χ4n) is 10.8. The fourth-order valence-corrected chi connectivity index (χ4v) is 10.8. The van der Waals surface area contributed by atoms with Crippen LogP contribution in [-0.4, -0.2) is 6.17 Å². The van der Waals surface area contributed by atoms with E-state index in [4.69, 9.17) is 5.26 Å². The van der Waals surface area contributed by atoms with Gasteiger partial charge in [0.15, 0.2) is 0 Å². The van der Waals surface area contributed by atoms with Gasteiger partial charge >= 0.3 is 0 Å². The summed E-state index contributed by atoms with van der Waals surface area (Å²) in [5, 5.41) is 8.73. The molecule has 1 atom stereocenters. The van der Waals surface area contributed by atoms with Crippen LogP contribution in [0.1, 0.15) is 154 Å². The standard InChI is InChI=1S/C10H17F.C9H13N.C9H16.C8H14.CH4/c1-7(2)9-4-10(5-9,6-9)8(3)11;1-7(2)9-3-8(4-9,5-9)6-10;1-7(2)9-4-8(3,5-9)6-9;1-6(2)8-3-7(4-8)5-8;/h7-8H,4-6H2,1-3H3;7H,3-5H2,1-2H3;7H,4-6H2,1-3H3;6-7H,3-5H2,1-2H3;1H4. The van der Waals surface area contributed by atoms with Gasteiger partial charge in [-0.05, 0) is 141 Å². The van der Waals surface area contributed by atoms with Crippen LogP contribution in [0.4, 0.5) is 4.39 Å². The van der Waals surface area contributed by atoms with Gasteiger partial charge in [0.2, 0.25) is 0 Å². The third-order valence-corrected chi connectivity index (χ3v) is 14.6. The van der Waals surface area contributed by atoms with E-state index in [1.54, 1.807) is 26.2 Å². The van der Waals surface area contributed by atoms with Gasteiger partial charge in [0, 0.05) is 5.41 Å². The lowest BCUT2D eigenvalue weighted by atomic mass is 9.31. The maximum Gasteiger partial charge on any atom is 0.103 e. The summed E-state index contributed by atoms with van der Waals surface area (Å²) in [4.78, 5) is 0. The van der Waals surface area contributed by atoms with Crippen molar-refractivity contribution in [1.82, 2.24) is 0 Å². The highest BCUT2D eigenvalue weighted by Crippen LogP contribution is 2.78. The number of halogens is 1. The van der Waals surface area contributed by atoms with E-state index >= 15 is 0 Å². The molecule has 1 nitrogen and oxygen atoms in total. The Hall–Kier alpha value is -0.580. The number of alkyl halides is 1. The monoisotopic (exact) mass is 542 g/mol. The molecule has 0 aromatic heterocycles. The van der Waals surface area contributed by atoms with E-state index < -0.39 is 6.17 Å². The molecule has 12 saturated carbocycles. The zero-order chi connectivity index (χ0) is 28.2. The summed E-state index contributed by atoms with van der Waals surface area (Å²) in [5.41, 5.74) is 3.98. The summed E-state index contributed by atoms with van der Waals surface area (Å²) in [7, 11) is 0. The summed E-state index contributed by atoms with van der Waals surface area (Å²) in [6, 6.07) is 2.42. The first kappa shape index (κ1) is 31.4. The number of nitriles is 1. The lowest BCUT2D eigenvalue weighted by molar-refractivity contribution is -0.256. The smallest absolute Gasteiger partial charge is 0.103 e. The molecule has 12 fully saturated rings. The van der Waals surface area contributed by atoms with E-state index in [2.05, 4.69) is 68.4 Å². The Balaban J connectivity index is 0.000000120. The quantitative estimate of drug-likeness (QED) is 0.339. The molecular formula is C37H64FN. The van der Waals surface area contributed by atoms with Crippen molar-refractivity contribution >= 4 is 0 Å². The molecule has 0 amide bonds. The third kappa shape index (κ3) is 4.56. The van der Waals surface area contributed by atoms with Gasteiger partial charge in [0.1, 0.15) is 6.17 Å². The zero-order valence-electron chi connectivity index (χ0n) is 26.8. The van der Waals surface area contributed by atoms with Crippen LogP contribution in [0.3, 0.4) is 0 Å². The van der Waals surface area contributed by atoms with Crippen molar-refractivity contribution in [2.75, 3.05) is 0 Å². The predicted molar refractivity (Wildman–Crippen MR) is 164 cm³/mol. The molecule has 0 aliphatic heterocycles. The fraction of sp³-hybridized carbons (Fsp3) is 0.973. The second-order valence-corrected chi connectivity index (χ2v) is 18.3. The van der Waals surface area contributed by atoms with Crippen molar-refractivity contribution in [2.45, 2.75) is 160 Å². The van der Waals surface area contributed by atoms with Crippen LogP contribution >= 0.6 is 0 Å². The van der Waals surface area contributed by atoms with Crippen molar-refractivity contribution in [3.8, 4) is 6.07 Å². The molecule has 39 heavy (non-hydrogen) atoms. The minimum absolute atomic E-state index is 0. The van der Waals surface area contributed by atoms with Crippen LogP contribution < -0.4 is 0 Å². The first-order valence-electron chi connectivity index (χ1n) is 16.5. The SMILES string of the molecule is C.CC(C)C12CC(C#N)(C1)C2.CC(C)C12CC(C(C)F)(C1)C2.CC(C)C12CC(C)(C1)C2.CC(C)C12CC(C1)C2. The van der Waals surface area contributed by atoms with Gasteiger partial charge in [-0.2, -0.15) is 5.26 Å². The molecule has 0 heterocycles. The summed E-state index contributed by atoms with van der Waals surface area (Å²) < 4.78 is 13.0. The molecule has 224 valence electrons. The van der Waals surface area contributed by atoms with Crippen LogP contribution in [0.5, 0.6) is 0 Å². The van der Waals surface area contributed by atoms with Gasteiger partial charge in [0.25, 0.3) is 0 Å². The Morgan fingerprint density at radius 1 is 0.564 bits per heavy atom. The van der Waals surface area contributed by atoms with Crippen molar-refractivity contribution in [2.24, 2.45) is 67.5 Å². The molecule has 12 aliphatic carbocycles. The second-order valence-electron chi connectivity index (χ2n) is 18.3. The Morgan fingerprint density at radius 3 is 1.08 bits per heavy atom. The molecule has 0 spiro atoms. The van der Waals surface area contributed by atoms with Crippen LogP contribution in [0.25, 0.3) is 0 Å². The lowest BCUT2D eigenvalue weighted by Gasteiger charge is -2.73. The number of rotatable bonds is 5. The Bertz CT molecular complexity index is 866. The molecule has 8 bridgehead atoms. The van der Waals surface area contributed by atoms with Gasteiger partial charge in [0.05, 0.1) is 11.5 Å². The number of hydrogen-bond donors (Lipinski definition) is 0. The second kappa shape index (κ2) is 9.46. The van der Waals surface area contributed by atoms with Crippen molar-refractivity contribution in [1.29, 1.82) is 5.26 Å². The third-order valence-electron chi connectivity index (χ3n) is 14.6. The van der Waals surface area contributed by atoms with Crippen LogP contribution in [0.15, 0.2) is 0 Å². The Morgan fingerprint density at radius 2 is 0.897 bits per heavy atom. The largest absolute Gasteiger partial charge is 0.247 e. The summed E-state index contributed by atoms with van der Waals surface area (Å²) in [6.07, 6.45) is 15.7. The van der Waals surface area contributed by atoms with Crippen LogP contribution in [0, 0.1) is 78.8 Å². The lowest BCUT2D eigenvalue weighted by Crippen LogP contribution is -2.67. The molecule has 0 radical (unpaired) electrons. The molecule has 1 unspecified atom stereocenters. The molecule has 0 N–H and O–H groups in total. The molecule has 12 rings (SSSR count). The first-order valence-corrected chi connectivity index (χ1v) is 16.5. The van der Waals surface area contributed by atoms with Gasteiger partial charge < -0.3 is 0 Å². The maximum absolute atomic E-state index is 13.0. The molecule has 2 heteroatoms. The van der Waals surface area contributed by atoms with E-state index in [0.29, 0.717) is 10.8 Å². The first-order chi connectivity index (χ1) is 17.4. The van der Waals surface area contributed by atoms with E-state index in [1.165, 1.54) is 38.5 Å². The van der Waals surface area contributed by atoms with Gasteiger partial charge in [-0.3, -0.25) is 0 Å². The van der Waals surface area contributed by atoms with Crippen molar-refractivity contribution in [3.05, 3.63) is 0 Å². The van der Waals surface area contributed by atoms with Crippen LogP contribution in [0.2, 0.25) is 0 Å². The highest BCUT2D eigenvalue weighted by Gasteiger charge is 2.71. The van der Waals surface area contributed by atoms with Crippen molar-refractivity contribution < 1.29 is 4.39 Å². The number of hydrogen-bond acceptors (Lipinski definition) is 1. The molecular weight excluding hydrogens is 477 g/mol. The average molecular weight is 542 g/mol. The van der Waals surface area contributed by atoms with Gasteiger partial charge in [-0.25, -0.2) is 4.39 Å². The molecule has 0 aromatic rings. The zero-order valence-corrected chi connectivity index (χ0v) is 26.8. The Labute approximate surface area is 242 Å². The topological polar surface area (TPSA) is 23.8 Å². The predicted octanol–water partition coefficient (Wildman–Crippen LogP) is 11.4. The van der Waals surface area contributed by atoms with Gasteiger partial charge in [-0.15, -0.1) is 0 Å². The van der Waals surface area contributed by atoms with E-state index in [1.807, 2.05) is 0 Å². The van der Waals surface area contributed by atoms with Crippen LogP contribution in [-0.2, 0) is 0 Å². The minimum atomic E-state index is -0.567. The van der Waals surface area contributed by atoms with Crippen molar-refractivity contribution in [3.63, 3.8) is 0 Å². The minimum Gasteiger partial charge on any atom is -0.247 e. The van der Waals surface area contributed by atoms with E-state index in [0.717, 1.165) is 65.1 Å². The summed E-state index contributed by atoms with van der Waals surface area (Å²) in [6.45, 7) is 22.7. The summed E-state index contributed by atoms with van der Waals surface area (Å²) in [5.74, 6) is 4.63. The Kier molecular flexibility index (Phi) is 7.61. The van der Waals surface area contributed by atoms with E-state index in [9.17, 15) is 4.39 Å². The van der Waals surface area contributed by atoms with E-state index in [-0.39, 0.29) is 18.3 Å². The highest BCUT2D eigenvalue weighted by molar-refractivity contribution is 5.26. The van der Waals surface area contributed by atoms with Gasteiger partial charge in [-0.1, -0.05) is 69.7 Å². The molecule has 0 saturated heterocycles. The highest BCUT2D eigenvalue weighted by atomic mass is 19.1. The summed E-state index contributed by atoms with van der Waals surface area (Å²) >= 11 is 0.